The van der Waals surface area contributed by atoms with E-state index in [-0.39, 0.29) is 0 Å². The second-order valence-corrected chi connectivity index (χ2v) is 5.88. The Morgan fingerprint density at radius 2 is 1.57 bits per heavy atom. The van der Waals surface area contributed by atoms with E-state index in [4.69, 9.17) is 4.74 Å². The molecular weight excluding hydrogens is 286 g/mol. The zero-order valence-corrected chi connectivity index (χ0v) is 13.9. The van der Waals surface area contributed by atoms with Gasteiger partial charge >= 0.3 is 0 Å². The summed E-state index contributed by atoms with van der Waals surface area (Å²) < 4.78 is 5.63. The van der Waals surface area contributed by atoms with Gasteiger partial charge in [0.2, 0.25) is 0 Å². The summed E-state index contributed by atoms with van der Waals surface area (Å²) in [6, 6.07) is 20.4. The fraction of sp³-hybridized carbons (Fsp3) is 0.400. The molecule has 0 saturated heterocycles. The van der Waals surface area contributed by atoms with Crippen molar-refractivity contribution in [3.63, 3.8) is 0 Å². The smallest absolute Gasteiger partial charge is 0.0900 e. The highest BCUT2D eigenvalue weighted by molar-refractivity contribution is 5.14. The summed E-state index contributed by atoms with van der Waals surface area (Å²) in [4.78, 5) is 2.28. The monoisotopic (exact) mass is 313 g/mol. The van der Waals surface area contributed by atoms with Crippen LogP contribution in [0.5, 0.6) is 0 Å². The molecule has 0 aliphatic carbocycles. The Labute approximate surface area is 139 Å². The van der Waals surface area contributed by atoms with Gasteiger partial charge in [0.05, 0.1) is 19.3 Å². The third-order valence-electron chi connectivity index (χ3n) is 3.68. The molecule has 0 aliphatic rings. The minimum absolute atomic E-state index is 0.365. The van der Waals surface area contributed by atoms with Crippen LogP contribution in [0, 0.1) is 0 Å². The molecule has 0 bridgehead atoms. The Morgan fingerprint density at radius 3 is 2.17 bits per heavy atom. The average Bonchev–Trinajstić information content (AvgIpc) is 2.57. The molecule has 2 rings (SSSR count). The second-order valence-electron chi connectivity index (χ2n) is 5.88. The van der Waals surface area contributed by atoms with Crippen LogP contribution >= 0.6 is 0 Å². The summed E-state index contributed by atoms with van der Waals surface area (Å²) in [7, 11) is 0. The highest BCUT2D eigenvalue weighted by Crippen LogP contribution is 2.07. The van der Waals surface area contributed by atoms with Gasteiger partial charge in [-0.1, -0.05) is 67.6 Å². The van der Waals surface area contributed by atoms with Crippen LogP contribution in [0.15, 0.2) is 60.7 Å². The number of aliphatic hydroxyl groups excluding tert-OH is 1. The molecule has 0 aliphatic heterocycles. The second kappa shape index (κ2) is 10.2. The van der Waals surface area contributed by atoms with Crippen molar-refractivity contribution in [2.24, 2.45) is 0 Å². The van der Waals surface area contributed by atoms with Gasteiger partial charge in [-0.3, -0.25) is 4.90 Å². The van der Waals surface area contributed by atoms with E-state index in [1.807, 2.05) is 36.4 Å². The highest BCUT2D eigenvalue weighted by Gasteiger charge is 2.12. The summed E-state index contributed by atoms with van der Waals surface area (Å²) in [5, 5.41) is 10.2. The molecule has 0 saturated carbocycles. The summed E-state index contributed by atoms with van der Waals surface area (Å²) in [5.41, 5.74) is 2.41. The van der Waals surface area contributed by atoms with Gasteiger partial charge in [-0.2, -0.15) is 0 Å². The van der Waals surface area contributed by atoms with Crippen molar-refractivity contribution >= 4 is 0 Å². The largest absolute Gasteiger partial charge is 0.389 e. The first-order valence-electron chi connectivity index (χ1n) is 8.34. The van der Waals surface area contributed by atoms with E-state index >= 15 is 0 Å². The van der Waals surface area contributed by atoms with Gasteiger partial charge in [0.1, 0.15) is 0 Å². The average molecular weight is 313 g/mol. The fourth-order valence-corrected chi connectivity index (χ4v) is 2.63. The van der Waals surface area contributed by atoms with Crippen LogP contribution in [0.1, 0.15) is 24.5 Å². The zero-order valence-electron chi connectivity index (χ0n) is 13.9. The van der Waals surface area contributed by atoms with Crippen molar-refractivity contribution in [1.29, 1.82) is 0 Å². The van der Waals surface area contributed by atoms with Crippen LogP contribution in [-0.4, -0.2) is 35.8 Å². The third kappa shape index (κ3) is 6.95. The predicted octanol–water partition coefficient (Wildman–Crippen LogP) is 3.48. The van der Waals surface area contributed by atoms with Gasteiger partial charge in [0.25, 0.3) is 0 Å². The maximum absolute atomic E-state index is 10.2. The molecule has 124 valence electrons. The lowest BCUT2D eigenvalue weighted by atomic mass is 10.2. The molecule has 1 unspecified atom stereocenters. The summed E-state index contributed by atoms with van der Waals surface area (Å²) in [6.45, 7) is 5.55. The molecule has 0 amide bonds. The molecule has 2 aromatic rings. The number of hydrogen-bond donors (Lipinski definition) is 1. The van der Waals surface area contributed by atoms with Gasteiger partial charge in [0.15, 0.2) is 0 Å². The maximum Gasteiger partial charge on any atom is 0.0900 e. The van der Waals surface area contributed by atoms with Crippen molar-refractivity contribution in [2.75, 3.05) is 19.7 Å². The molecule has 23 heavy (non-hydrogen) atoms. The SMILES string of the molecule is CCCN(Cc1ccccc1)CC(O)COCc1ccccc1. The lowest BCUT2D eigenvalue weighted by molar-refractivity contribution is 0.00856. The Morgan fingerprint density at radius 1 is 0.957 bits per heavy atom. The molecule has 3 heteroatoms. The number of rotatable bonds is 10. The standard InChI is InChI=1S/C20H27NO2/c1-2-13-21(14-18-9-5-3-6-10-18)15-20(22)17-23-16-19-11-7-4-8-12-19/h3-12,20,22H,2,13-17H2,1H3. The quantitative estimate of drug-likeness (QED) is 0.729. The summed E-state index contributed by atoms with van der Waals surface area (Å²) in [5.74, 6) is 0. The molecule has 0 radical (unpaired) electrons. The predicted molar refractivity (Wildman–Crippen MR) is 94.1 cm³/mol. The Balaban J connectivity index is 1.75. The summed E-state index contributed by atoms with van der Waals surface area (Å²) in [6.07, 6.45) is 0.610. The van der Waals surface area contributed by atoms with Crippen molar-refractivity contribution in [1.82, 2.24) is 4.90 Å². The maximum atomic E-state index is 10.2. The Hall–Kier alpha value is -1.68. The fourth-order valence-electron chi connectivity index (χ4n) is 2.63. The Kier molecular flexibility index (Phi) is 7.81. The van der Waals surface area contributed by atoms with Gasteiger partial charge in [0, 0.05) is 13.1 Å². The molecule has 0 spiro atoms. The molecule has 1 atom stereocenters. The van der Waals surface area contributed by atoms with E-state index in [0.717, 1.165) is 25.1 Å². The van der Waals surface area contributed by atoms with E-state index in [1.54, 1.807) is 0 Å². The first-order chi connectivity index (χ1) is 11.3. The molecule has 1 N–H and O–H groups in total. The molecular formula is C20H27NO2. The van der Waals surface area contributed by atoms with Gasteiger partial charge in [-0.25, -0.2) is 0 Å². The van der Waals surface area contributed by atoms with Crippen LogP contribution in [-0.2, 0) is 17.9 Å². The first kappa shape index (κ1) is 17.7. The van der Waals surface area contributed by atoms with E-state index in [0.29, 0.717) is 19.8 Å². The molecule has 3 nitrogen and oxygen atoms in total. The zero-order chi connectivity index (χ0) is 16.3. The van der Waals surface area contributed by atoms with Crippen LogP contribution in [0.4, 0.5) is 0 Å². The number of aliphatic hydroxyl groups is 1. The molecule has 0 fully saturated rings. The molecule has 2 aromatic carbocycles. The van der Waals surface area contributed by atoms with Crippen LogP contribution in [0.25, 0.3) is 0 Å². The van der Waals surface area contributed by atoms with Gasteiger partial charge < -0.3 is 9.84 Å². The van der Waals surface area contributed by atoms with Crippen molar-refractivity contribution < 1.29 is 9.84 Å². The topological polar surface area (TPSA) is 32.7 Å². The third-order valence-corrected chi connectivity index (χ3v) is 3.68. The first-order valence-corrected chi connectivity index (χ1v) is 8.34. The normalized spacial score (nSPS) is 12.5. The van der Waals surface area contributed by atoms with Crippen molar-refractivity contribution in [2.45, 2.75) is 32.6 Å². The highest BCUT2D eigenvalue weighted by atomic mass is 16.5. The van der Waals surface area contributed by atoms with Crippen LogP contribution < -0.4 is 0 Å². The molecule has 0 heterocycles. The number of ether oxygens (including phenoxy) is 1. The summed E-state index contributed by atoms with van der Waals surface area (Å²) >= 11 is 0. The van der Waals surface area contributed by atoms with Crippen molar-refractivity contribution in [3.05, 3.63) is 71.8 Å². The van der Waals surface area contributed by atoms with Crippen LogP contribution in [0.3, 0.4) is 0 Å². The van der Waals surface area contributed by atoms with Gasteiger partial charge in [-0.15, -0.1) is 0 Å². The minimum Gasteiger partial charge on any atom is -0.389 e. The van der Waals surface area contributed by atoms with E-state index in [1.165, 1.54) is 5.56 Å². The number of benzene rings is 2. The Bertz CT molecular complexity index is 530. The molecule has 0 aromatic heterocycles. The lowest BCUT2D eigenvalue weighted by Crippen LogP contribution is -2.35. The van der Waals surface area contributed by atoms with E-state index < -0.39 is 6.10 Å². The van der Waals surface area contributed by atoms with E-state index in [2.05, 4.69) is 36.1 Å². The van der Waals surface area contributed by atoms with E-state index in [9.17, 15) is 5.11 Å². The minimum atomic E-state index is -0.464. The lowest BCUT2D eigenvalue weighted by Gasteiger charge is -2.24. The number of nitrogens with zero attached hydrogens (tertiary/aromatic N) is 1. The van der Waals surface area contributed by atoms with Crippen LogP contribution in [0.2, 0.25) is 0 Å². The number of hydrogen-bond acceptors (Lipinski definition) is 3. The van der Waals surface area contributed by atoms with Crippen molar-refractivity contribution in [3.8, 4) is 0 Å². The van der Waals surface area contributed by atoms with Gasteiger partial charge in [-0.05, 0) is 24.1 Å².